The largest absolute Gasteiger partial charge is 0.461 e. The highest BCUT2D eigenvalue weighted by atomic mass is 16.5. The highest BCUT2D eigenvalue weighted by Gasteiger charge is 2.15. The molecule has 2 aromatic carbocycles. The van der Waals surface area contributed by atoms with Gasteiger partial charge in [0.05, 0.1) is 17.8 Å². The van der Waals surface area contributed by atoms with Gasteiger partial charge in [-0.25, -0.2) is 19.0 Å². The molecule has 1 amide bonds. The van der Waals surface area contributed by atoms with E-state index < -0.39 is 5.97 Å². The van der Waals surface area contributed by atoms with Gasteiger partial charge in [-0.15, -0.1) is 0 Å². The monoisotopic (exact) mass is 482 g/mol. The summed E-state index contributed by atoms with van der Waals surface area (Å²) >= 11 is 0. The molecular formula is C27H26N6O3. The van der Waals surface area contributed by atoms with Crippen molar-refractivity contribution >= 4 is 34.1 Å². The van der Waals surface area contributed by atoms with E-state index >= 15 is 0 Å². The summed E-state index contributed by atoms with van der Waals surface area (Å²) in [6.45, 7) is 6.04. The Bertz CT molecular complexity index is 1580. The molecule has 36 heavy (non-hydrogen) atoms. The number of nitrogens with zero attached hydrogens (tertiary/aromatic N) is 5. The van der Waals surface area contributed by atoms with Crippen molar-refractivity contribution in [3.05, 3.63) is 83.4 Å². The van der Waals surface area contributed by atoms with E-state index in [2.05, 4.69) is 15.5 Å². The fourth-order valence-corrected chi connectivity index (χ4v) is 4.28. The predicted molar refractivity (Wildman–Crippen MR) is 136 cm³/mol. The molecule has 0 saturated heterocycles. The van der Waals surface area contributed by atoms with Crippen molar-refractivity contribution in [1.82, 2.24) is 24.4 Å². The molecule has 0 aliphatic carbocycles. The van der Waals surface area contributed by atoms with Gasteiger partial charge >= 0.3 is 5.97 Å². The predicted octanol–water partition coefficient (Wildman–Crippen LogP) is 4.43. The third kappa shape index (κ3) is 4.43. The van der Waals surface area contributed by atoms with Gasteiger partial charge in [-0.2, -0.15) is 10.2 Å². The maximum Gasteiger partial charge on any atom is 0.358 e. The number of carbonyl (C=O) groups excluding carboxylic acids is 2. The van der Waals surface area contributed by atoms with Crippen LogP contribution in [0.25, 0.3) is 22.2 Å². The Hall–Kier alpha value is -4.53. The Morgan fingerprint density at radius 1 is 1.00 bits per heavy atom. The molecule has 1 N–H and O–H groups in total. The summed E-state index contributed by atoms with van der Waals surface area (Å²) in [5.41, 5.74) is 6.35. The molecule has 3 heterocycles. The van der Waals surface area contributed by atoms with Crippen LogP contribution in [0.3, 0.4) is 0 Å². The minimum Gasteiger partial charge on any atom is -0.461 e. The summed E-state index contributed by atoms with van der Waals surface area (Å²) < 4.78 is 8.43. The van der Waals surface area contributed by atoms with Gasteiger partial charge in [0, 0.05) is 35.1 Å². The lowest BCUT2D eigenvalue weighted by atomic mass is 10.1. The van der Waals surface area contributed by atoms with Gasteiger partial charge in [-0.05, 0) is 75.2 Å². The molecule has 0 spiro atoms. The van der Waals surface area contributed by atoms with E-state index in [4.69, 9.17) is 9.72 Å². The fraction of sp³-hybridized carbons (Fsp3) is 0.222. The Kier molecular flexibility index (Phi) is 6.20. The van der Waals surface area contributed by atoms with Crippen molar-refractivity contribution in [3.63, 3.8) is 0 Å². The Labute approximate surface area is 207 Å². The van der Waals surface area contributed by atoms with Crippen molar-refractivity contribution in [2.24, 2.45) is 0 Å². The summed E-state index contributed by atoms with van der Waals surface area (Å²) in [5, 5.41) is 12.9. The van der Waals surface area contributed by atoms with E-state index in [0.29, 0.717) is 25.1 Å². The maximum absolute atomic E-state index is 12.7. The SMILES string of the molecule is CCOC(=O)c1ccn(-c2ccc(NC(=O)CCc3c(C)nc4c5ccccc5nn4c3C)cc2)n1. The van der Waals surface area contributed by atoms with Gasteiger partial charge in [0.25, 0.3) is 0 Å². The number of amides is 1. The van der Waals surface area contributed by atoms with Gasteiger partial charge in [0.2, 0.25) is 5.91 Å². The second-order valence-corrected chi connectivity index (χ2v) is 8.47. The van der Waals surface area contributed by atoms with Crippen molar-refractivity contribution in [1.29, 1.82) is 0 Å². The number of fused-ring (bicyclic) bond motifs is 3. The van der Waals surface area contributed by atoms with Crippen LogP contribution in [-0.2, 0) is 16.0 Å². The quantitative estimate of drug-likeness (QED) is 0.344. The molecule has 5 rings (SSSR count). The number of nitrogens with one attached hydrogen (secondary N) is 1. The molecule has 0 aliphatic rings. The first kappa shape index (κ1) is 23.2. The first-order chi connectivity index (χ1) is 17.4. The molecule has 9 nitrogen and oxygen atoms in total. The number of benzene rings is 2. The van der Waals surface area contributed by atoms with Crippen molar-refractivity contribution in [3.8, 4) is 5.69 Å². The number of aryl methyl sites for hydroxylation is 2. The molecule has 3 aromatic heterocycles. The normalized spacial score (nSPS) is 11.2. The zero-order valence-corrected chi connectivity index (χ0v) is 20.4. The molecule has 0 bridgehead atoms. The van der Waals surface area contributed by atoms with Gasteiger partial charge in [0.1, 0.15) is 0 Å². The Balaban J connectivity index is 1.25. The molecule has 0 fully saturated rings. The lowest BCUT2D eigenvalue weighted by molar-refractivity contribution is -0.116. The molecule has 5 aromatic rings. The maximum atomic E-state index is 12.7. The van der Waals surface area contributed by atoms with E-state index in [9.17, 15) is 9.59 Å². The minimum absolute atomic E-state index is 0.0871. The minimum atomic E-state index is -0.458. The highest BCUT2D eigenvalue weighted by molar-refractivity contribution is 5.92. The average Bonchev–Trinajstić information content (AvgIpc) is 3.50. The zero-order valence-electron chi connectivity index (χ0n) is 20.4. The van der Waals surface area contributed by atoms with Gasteiger partial charge in [-0.1, -0.05) is 12.1 Å². The molecular weight excluding hydrogens is 456 g/mol. The second-order valence-electron chi connectivity index (χ2n) is 8.47. The molecule has 0 saturated carbocycles. The van der Waals surface area contributed by atoms with Crippen molar-refractivity contribution in [2.45, 2.75) is 33.6 Å². The number of aromatic nitrogens is 5. The number of esters is 1. The fourth-order valence-electron chi connectivity index (χ4n) is 4.28. The number of ether oxygens (including phenoxy) is 1. The van der Waals surface area contributed by atoms with Crippen LogP contribution in [0.1, 0.15) is 40.8 Å². The van der Waals surface area contributed by atoms with E-state index in [1.165, 1.54) is 0 Å². The lowest BCUT2D eigenvalue weighted by Gasteiger charge is -2.11. The van der Waals surface area contributed by atoms with Crippen LogP contribution in [0.4, 0.5) is 5.69 Å². The van der Waals surface area contributed by atoms with Crippen LogP contribution in [0, 0.1) is 13.8 Å². The standard InChI is InChI=1S/C27H26N6O3/c1-4-36-27(35)24-15-16-32(30-24)20-11-9-19(10-12-20)29-25(34)14-13-21-17(2)28-26-22-7-5-6-8-23(22)31-33(26)18(21)3/h5-12,15-16H,4,13-14H2,1-3H3,(H,29,34). The molecule has 0 unspecified atom stereocenters. The zero-order chi connectivity index (χ0) is 25.2. The molecule has 9 heteroatoms. The van der Waals surface area contributed by atoms with Gasteiger partial charge < -0.3 is 10.1 Å². The third-order valence-electron chi connectivity index (χ3n) is 6.11. The number of anilines is 1. The Morgan fingerprint density at radius 3 is 2.56 bits per heavy atom. The number of hydrogen-bond donors (Lipinski definition) is 1. The topological polar surface area (TPSA) is 103 Å². The summed E-state index contributed by atoms with van der Waals surface area (Å²) in [4.78, 5) is 29.3. The van der Waals surface area contributed by atoms with Crippen LogP contribution >= 0.6 is 0 Å². The van der Waals surface area contributed by atoms with Gasteiger partial charge in [-0.3, -0.25) is 4.79 Å². The number of carbonyl (C=O) groups is 2. The molecule has 0 atom stereocenters. The van der Waals surface area contributed by atoms with Crippen LogP contribution in [0.5, 0.6) is 0 Å². The number of hydrogen-bond acceptors (Lipinski definition) is 6. The second kappa shape index (κ2) is 9.61. The average molecular weight is 483 g/mol. The van der Waals surface area contributed by atoms with Gasteiger partial charge in [0.15, 0.2) is 11.3 Å². The summed E-state index contributed by atoms with van der Waals surface area (Å²) in [5.74, 6) is -0.545. The first-order valence-electron chi connectivity index (χ1n) is 11.8. The first-order valence-corrected chi connectivity index (χ1v) is 11.8. The lowest BCUT2D eigenvalue weighted by Crippen LogP contribution is -2.14. The molecule has 182 valence electrons. The van der Waals surface area contributed by atoms with Crippen molar-refractivity contribution in [2.75, 3.05) is 11.9 Å². The van der Waals surface area contributed by atoms with Crippen LogP contribution in [-0.4, -0.2) is 42.9 Å². The van der Waals surface area contributed by atoms with Crippen LogP contribution in [0.15, 0.2) is 60.8 Å². The van der Waals surface area contributed by atoms with E-state index in [0.717, 1.165) is 39.2 Å². The highest BCUT2D eigenvalue weighted by Crippen LogP contribution is 2.23. The summed E-state index contributed by atoms with van der Waals surface area (Å²) in [6.07, 6.45) is 2.57. The van der Waals surface area contributed by atoms with Crippen LogP contribution in [0.2, 0.25) is 0 Å². The smallest absolute Gasteiger partial charge is 0.358 e. The van der Waals surface area contributed by atoms with E-state index in [1.807, 2.05) is 54.8 Å². The number of rotatable bonds is 7. The molecule has 0 radical (unpaired) electrons. The Morgan fingerprint density at radius 2 is 1.78 bits per heavy atom. The molecule has 0 aliphatic heterocycles. The summed E-state index contributed by atoms with van der Waals surface area (Å²) in [7, 11) is 0. The van der Waals surface area contributed by atoms with E-state index in [1.54, 1.807) is 36.0 Å². The summed E-state index contributed by atoms with van der Waals surface area (Å²) in [6, 6.07) is 16.8. The third-order valence-corrected chi connectivity index (χ3v) is 6.11. The van der Waals surface area contributed by atoms with E-state index in [-0.39, 0.29) is 11.6 Å². The van der Waals surface area contributed by atoms with Crippen LogP contribution < -0.4 is 5.32 Å². The van der Waals surface area contributed by atoms with Crippen molar-refractivity contribution < 1.29 is 14.3 Å².